The van der Waals surface area contributed by atoms with Gasteiger partial charge >= 0.3 is 0 Å². The summed E-state index contributed by atoms with van der Waals surface area (Å²) in [5, 5.41) is 11.7. The second kappa shape index (κ2) is 3.86. The lowest BCUT2D eigenvalue weighted by Crippen LogP contribution is -2.42. The monoisotopic (exact) mass is 215 g/mol. The summed E-state index contributed by atoms with van der Waals surface area (Å²) in [4.78, 5) is 13.5. The molecule has 4 heteroatoms. The third kappa shape index (κ3) is 1.72. The van der Waals surface area contributed by atoms with Crippen molar-refractivity contribution in [1.29, 1.82) is 5.26 Å². The van der Waals surface area contributed by atoms with Gasteiger partial charge in [-0.15, -0.1) is 0 Å². The maximum atomic E-state index is 11.5. The molecule has 0 unspecified atom stereocenters. The van der Waals surface area contributed by atoms with Gasteiger partial charge in [0.1, 0.15) is 0 Å². The maximum Gasteiger partial charge on any atom is 0.243 e. The number of rotatable bonds is 1. The first-order chi connectivity index (χ1) is 7.61. The zero-order chi connectivity index (χ0) is 11.7. The summed E-state index contributed by atoms with van der Waals surface area (Å²) < 4.78 is 0. The van der Waals surface area contributed by atoms with Crippen LogP contribution in [0.25, 0.3) is 0 Å². The third-order valence-corrected chi connectivity index (χ3v) is 2.65. The van der Waals surface area contributed by atoms with Crippen LogP contribution in [0.3, 0.4) is 0 Å². The lowest BCUT2D eigenvalue weighted by atomic mass is 10.1. The number of carbonyl (C=O) groups is 1. The molecule has 0 aromatic heterocycles. The molecule has 0 aliphatic carbocycles. The van der Waals surface area contributed by atoms with Crippen LogP contribution in [0.2, 0.25) is 0 Å². The van der Waals surface area contributed by atoms with Gasteiger partial charge in [-0.1, -0.05) is 0 Å². The van der Waals surface area contributed by atoms with Crippen molar-refractivity contribution in [3.05, 3.63) is 23.8 Å². The summed E-state index contributed by atoms with van der Waals surface area (Å²) in [7, 11) is 0. The molecule has 1 heterocycles. The Kier molecular flexibility index (Phi) is 2.53. The Morgan fingerprint density at radius 3 is 2.88 bits per heavy atom. The molecular formula is C12H13N3O. The van der Waals surface area contributed by atoms with Gasteiger partial charge in [-0.2, -0.15) is 5.26 Å². The van der Waals surface area contributed by atoms with Crippen molar-refractivity contribution in [1.82, 2.24) is 0 Å². The van der Waals surface area contributed by atoms with Gasteiger partial charge in [0, 0.05) is 6.04 Å². The lowest BCUT2D eigenvalue weighted by Gasteiger charge is -2.34. The predicted molar refractivity (Wildman–Crippen MR) is 62.3 cm³/mol. The number of nitrogens with one attached hydrogen (secondary N) is 1. The number of carbonyl (C=O) groups excluding carboxylic acids is 1. The summed E-state index contributed by atoms with van der Waals surface area (Å²) in [5.41, 5.74) is 2.32. The molecule has 1 N–H and O–H groups in total. The average molecular weight is 215 g/mol. The quantitative estimate of drug-likeness (QED) is 0.776. The second-order valence-electron chi connectivity index (χ2n) is 4.11. The minimum atomic E-state index is -0.00842. The highest BCUT2D eigenvalue weighted by Crippen LogP contribution is 2.31. The number of hydrogen-bond acceptors (Lipinski definition) is 3. The molecule has 0 atom stereocenters. The van der Waals surface area contributed by atoms with Crippen LogP contribution < -0.4 is 10.2 Å². The molecule has 0 saturated heterocycles. The number of hydrogen-bond donors (Lipinski definition) is 1. The minimum Gasteiger partial charge on any atom is -0.358 e. The van der Waals surface area contributed by atoms with Crippen LogP contribution in [0.1, 0.15) is 19.4 Å². The van der Waals surface area contributed by atoms with E-state index in [9.17, 15) is 4.79 Å². The summed E-state index contributed by atoms with van der Waals surface area (Å²) in [6, 6.07) is 7.65. The fourth-order valence-electron chi connectivity index (χ4n) is 1.83. The van der Waals surface area contributed by atoms with Crippen molar-refractivity contribution >= 4 is 17.3 Å². The second-order valence-corrected chi connectivity index (χ2v) is 4.11. The zero-order valence-corrected chi connectivity index (χ0v) is 9.32. The fraction of sp³-hybridized carbons (Fsp3) is 0.333. The van der Waals surface area contributed by atoms with Gasteiger partial charge in [0.25, 0.3) is 0 Å². The molecule has 0 fully saturated rings. The van der Waals surface area contributed by atoms with E-state index in [0.29, 0.717) is 12.1 Å². The number of nitrogens with zero attached hydrogens (tertiary/aromatic N) is 2. The van der Waals surface area contributed by atoms with Gasteiger partial charge < -0.3 is 10.2 Å². The van der Waals surface area contributed by atoms with E-state index in [1.54, 1.807) is 12.1 Å². The highest BCUT2D eigenvalue weighted by molar-refractivity contribution is 6.01. The van der Waals surface area contributed by atoms with Gasteiger partial charge in [0.15, 0.2) is 0 Å². The van der Waals surface area contributed by atoms with Crippen molar-refractivity contribution < 1.29 is 4.79 Å². The SMILES string of the molecule is CC(C)N1CC(=O)Nc2ccc(C#N)cc21. The number of anilines is 2. The molecular weight excluding hydrogens is 202 g/mol. The van der Waals surface area contributed by atoms with E-state index in [1.807, 2.05) is 24.8 Å². The third-order valence-electron chi connectivity index (χ3n) is 2.65. The normalized spacial score (nSPS) is 14.4. The van der Waals surface area contributed by atoms with E-state index < -0.39 is 0 Å². The van der Waals surface area contributed by atoms with Crippen LogP contribution >= 0.6 is 0 Å². The summed E-state index contributed by atoms with van der Waals surface area (Å²) in [5.74, 6) is -0.00842. The van der Waals surface area contributed by atoms with Crippen molar-refractivity contribution in [2.24, 2.45) is 0 Å². The van der Waals surface area contributed by atoms with Crippen LogP contribution in [0, 0.1) is 11.3 Å². The van der Waals surface area contributed by atoms with Crippen molar-refractivity contribution in [2.75, 3.05) is 16.8 Å². The molecule has 0 radical (unpaired) electrons. The molecule has 1 amide bonds. The van der Waals surface area contributed by atoms with Crippen LogP contribution in [0.15, 0.2) is 18.2 Å². The maximum absolute atomic E-state index is 11.5. The smallest absolute Gasteiger partial charge is 0.243 e. The van der Waals surface area contributed by atoms with E-state index in [-0.39, 0.29) is 11.9 Å². The van der Waals surface area contributed by atoms with Crippen LogP contribution in [-0.2, 0) is 4.79 Å². The van der Waals surface area contributed by atoms with E-state index in [0.717, 1.165) is 11.4 Å². The van der Waals surface area contributed by atoms with Gasteiger partial charge in [-0.3, -0.25) is 4.79 Å². The first-order valence-corrected chi connectivity index (χ1v) is 5.22. The topological polar surface area (TPSA) is 56.1 Å². The van der Waals surface area contributed by atoms with Crippen molar-refractivity contribution in [2.45, 2.75) is 19.9 Å². The van der Waals surface area contributed by atoms with Gasteiger partial charge in [-0.25, -0.2) is 0 Å². The van der Waals surface area contributed by atoms with Crippen LogP contribution in [0.4, 0.5) is 11.4 Å². The Bertz CT molecular complexity index is 474. The number of benzene rings is 1. The molecule has 0 bridgehead atoms. The van der Waals surface area contributed by atoms with Crippen LogP contribution in [-0.4, -0.2) is 18.5 Å². The predicted octanol–water partition coefficient (Wildman–Crippen LogP) is 1.73. The number of fused-ring (bicyclic) bond motifs is 1. The van der Waals surface area contributed by atoms with Crippen molar-refractivity contribution in [3.8, 4) is 6.07 Å². The minimum absolute atomic E-state index is 0.00842. The standard InChI is InChI=1S/C12H13N3O/c1-8(2)15-7-12(16)14-10-4-3-9(6-13)5-11(10)15/h3-5,8H,7H2,1-2H3,(H,14,16). The fourth-order valence-corrected chi connectivity index (χ4v) is 1.83. The Hall–Kier alpha value is -2.02. The Morgan fingerprint density at radius 1 is 1.50 bits per heavy atom. The summed E-state index contributed by atoms with van der Waals surface area (Å²) in [6.07, 6.45) is 0. The van der Waals surface area contributed by atoms with E-state index in [4.69, 9.17) is 5.26 Å². The molecule has 1 aromatic rings. The average Bonchev–Trinajstić information content (AvgIpc) is 2.27. The Labute approximate surface area is 94.5 Å². The molecule has 1 aliphatic heterocycles. The highest BCUT2D eigenvalue weighted by Gasteiger charge is 2.23. The highest BCUT2D eigenvalue weighted by atomic mass is 16.2. The largest absolute Gasteiger partial charge is 0.358 e. The van der Waals surface area contributed by atoms with Gasteiger partial charge in [0.05, 0.1) is 29.6 Å². The number of amides is 1. The van der Waals surface area contributed by atoms with Crippen LogP contribution in [0.5, 0.6) is 0 Å². The van der Waals surface area contributed by atoms with Gasteiger partial charge in [-0.05, 0) is 32.0 Å². The first kappa shape index (κ1) is 10.5. The van der Waals surface area contributed by atoms with E-state index >= 15 is 0 Å². The Balaban J connectivity index is 2.50. The molecule has 0 saturated carbocycles. The molecule has 2 rings (SSSR count). The van der Waals surface area contributed by atoms with Gasteiger partial charge in [0.2, 0.25) is 5.91 Å². The molecule has 1 aromatic carbocycles. The molecule has 16 heavy (non-hydrogen) atoms. The van der Waals surface area contributed by atoms with E-state index in [1.165, 1.54) is 0 Å². The molecule has 0 spiro atoms. The van der Waals surface area contributed by atoms with E-state index in [2.05, 4.69) is 11.4 Å². The molecule has 82 valence electrons. The molecule has 4 nitrogen and oxygen atoms in total. The number of nitriles is 1. The molecule has 1 aliphatic rings. The zero-order valence-electron chi connectivity index (χ0n) is 9.32. The summed E-state index contributed by atoms with van der Waals surface area (Å²) in [6.45, 7) is 4.41. The Morgan fingerprint density at radius 2 is 2.25 bits per heavy atom. The lowest BCUT2D eigenvalue weighted by molar-refractivity contribution is -0.115. The first-order valence-electron chi connectivity index (χ1n) is 5.22. The van der Waals surface area contributed by atoms with Crippen molar-refractivity contribution in [3.63, 3.8) is 0 Å². The summed E-state index contributed by atoms with van der Waals surface area (Å²) >= 11 is 0.